The Morgan fingerprint density at radius 2 is 2.00 bits per heavy atom. The van der Waals surface area contributed by atoms with E-state index in [1.807, 2.05) is 0 Å². The fourth-order valence-electron chi connectivity index (χ4n) is 2.32. The van der Waals surface area contributed by atoms with Gasteiger partial charge in [0.2, 0.25) is 15.9 Å². The Balaban J connectivity index is 1.57. The molecule has 0 atom stereocenters. The third kappa shape index (κ3) is 3.03. The minimum Gasteiger partial charge on any atom is -0.339 e. The van der Waals surface area contributed by atoms with Gasteiger partial charge in [0.25, 0.3) is 0 Å². The van der Waals surface area contributed by atoms with E-state index in [9.17, 15) is 8.42 Å². The number of aromatic nitrogens is 2. The van der Waals surface area contributed by atoms with Crippen LogP contribution in [0.3, 0.4) is 0 Å². The third-order valence-corrected chi connectivity index (χ3v) is 5.32. The molecule has 0 saturated heterocycles. The molecule has 8 heteroatoms. The summed E-state index contributed by atoms with van der Waals surface area (Å²) < 4.78 is 31.7. The maximum Gasteiger partial charge on any atom is 0.240 e. The van der Waals surface area contributed by atoms with Crippen LogP contribution in [0.4, 0.5) is 0 Å². The van der Waals surface area contributed by atoms with Gasteiger partial charge in [-0.1, -0.05) is 23.4 Å². The molecule has 3 N–H and O–H groups in total. The fourth-order valence-corrected chi connectivity index (χ4v) is 3.37. The van der Waals surface area contributed by atoms with Crippen molar-refractivity contribution in [3.8, 4) is 0 Å². The lowest BCUT2D eigenvalue weighted by Gasteiger charge is -2.34. The van der Waals surface area contributed by atoms with Crippen LogP contribution in [0.25, 0.3) is 0 Å². The molecule has 118 valence electrons. The first-order valence-corrected chi connectivity index (χ1v) is 8.65. The molecule has 1 saturated carbocycles. The molecule has 1 aliphatic rings. The standard InChI is InChI=1S/C14H18N4O3S/c15-14(8-4-9-14)13-17-12(21-18-13)7-10-16-22(19,20)11-5-2-1-3-6-11/h1-3,5-6,16H,4,7-10,15H2. The zero-order valence-electron chi connectivity index (χ0n) is 12.0. The molecule has 3 rings (SSSR count). The molecule has 0 aliphatic heterocycles. The Morgan fingerprint density at radius 1 is 1.27 bits per heavy atom. The number of nitrogens with two attached hydrogens (primary N) is 1. The van der Waals surface area contributed by atoms with E-state index in [0.717, 1.165) is 19.3 Å². The summed E-state index contributed by atoms with van der Waals surface area (Å²) in [7, 11) is -3.51. The van der Waals surface area contributed by atoms with Gasteiger partial charge in [-0.15, -0.1) is 0 Å². The van der Waals surface area contributed by atoms with Gasteiger partial charge >= 0.3 is 0 Å². The fraction of sp³-hybridized carbons (Fsp3) is 0.429. The van der Waals surface area contributed by atoms with Crippen LogP contribution in [-0.4, -0.2) is 25.1 Å². The van der Waals surface area contributed by atoms with E-state index in [1.165, 1.54) is 0 Å². The van der Waals surface area contributed by atoms with Crippen LogP contribution in [0.15, 0.2) is 39.8 Å². The zero-order chi connectivity index (χ0) is 15.6. The smallest absolute Gasteiger partial charge is 0.240 e. The molecule has 0 bridgehead atoms. The van der Waals surface area contributed by atoms with Gasteiger partial charge < -0.3 is 10.3 Å². The minimum atomic E-state index is -3.51. The van der Waals surface area contributed by atoms with Crippen LogP contribution < -0.4 is 10.5 Å². The predicted molar refractivity (Wildman–Crippen MR) is 79.3 cm³/mol. The number of benzene rings is 1. The summed E-state index contributed by atoms with van der Waals surface area (Å²) in [6.07, 6.45) is 3.10. The van der Waals surface area contributed by atoms with Crippen LogP contribution >= 0.6 is 0 Å². The van der Waals surface area contributed by atoms with Crippen LogP contribution in [0.1, 0.15) is 31.0 Å². The summed E-state index contributed by atoms with van der Waals surface area (Å²) in [5.41, 5.74) is 5.65. The molecule has 2 aromatic rings. The normalized spacial score (nSPS) is 17.1. The van der Waals surface area contributed by atoms with Crippen LogP contribution in [0.5, 0.6) is 0 Å². The highest BCUT2D eigenvalue weighted by Crippen LogP contribution is 2.36. The van der Waals surface area contributed by atoms with E-state index in [4.69, 9.17) is 10.3 Å². The van der Waals surface area contributed by atoms with Crippen molar-refractivity contribution in [1.82, 2.24) is 14.9 Å². The van der Waals surface area contributed by atoms with Gasteiger partial charge in [0.05, 0.1) is 10.4 Å². The van der Waals surface area contributed by atoms with E-state index >= 15 is 0 Å². The van der Waals surface area contributed by atoms with E-state index in [1.54, 1.807) is 30.3 Å². The van der Waals surface area contributed by atoms with Crippen molar-refractivity contribution in [1.29, 1.82) is 0 Å². The second-order valence-electron chi connectivity index (χ2n) is 5.48. The van der Waals surface area contributed by atoms with E-state index in [0.29, 0.717) is 18.1 Å². The Kier molecular flexibility index (Phi) is 3.98. The number of hydrogen-bond donors (Lipinski definition) is 2. The van der Waals surface area contributed by atoms with Crippen molar-refractivity contribution in [2.75, 3.05) is 6.54 Å². The van der Waals surface area contributed by atoms with Gasteiger partial charge in [-0.3, -0.25) is 0 Å². The topological polar surface area (TPSA) is 111 Å². The maximum atomic E-state index is 12.0. The molecular formula is C14H18N4O3S. The number of hydrogen-bond acceptors (Lipinski definition) is 6. The van der Waals surface area contributed by atoms with E-state index < -0.39 is 15.6 Å². The highest BCUT2D eigenvalue weighted by Gasteiger charge is 2.38. The largest absolute Gasteiger partial charge is 0.339 e. The summed E-state index contributed by atoms with van der Waals surface area (Å²) in [4.78, 5) is 4.49. The van der Waals surface area contributed by atoms with E-state index in [-0.39, 0.29) is 11.4 Å². The van der Waals surface area contributed by atoms with Gasteiger partial charge in [-0.2, -0.15) is 4.98 Å². The lowest BCUT2D eigenvalue weighted by Crippen LogP contribution is -2.44. The third-order valence-electron chi connectivity index (χ3n) is 3.84. The van der Waals surface area contributed by atoms with Crippen molar-refractivity contribution in [3.63, 3.8) is 0 Å². The lowest BCUT2D eigenvalue weighted by molar-refractivity contribution is 0.229. The van der Waals surface area contributed by atoms with Crippen molar-refractivity contribution in [2.24, 2.45) is 5.73 Å². The number of nitrogens with zero attached hydrogens (tertiary/aromatic N) is 2. The van der Waals surface area contributed by atoms with Gasteiger partial charge in [-0.05, 0) is 31.4 Å². The van der Waals surface area contributed by atoms with Gasteiger partial charge in [-0.25, -0.2) is 13.1 Å². The average Bonchev–Trinajstić information content (AvgIpc) is 2.95. The van der Waals surface area contributed by atoms with Crippen molar-refractivity contribution >= 4 is 10.0 Å². The lowest BCUT2D eigenvalue weighted by atomic mass is 9.77. The molecule has 1 fully saturated rings. The molecule has 7 nitrogen and oxygen atoms in total. The summed E-state index contributed by atoms with van der Waals surface area (Å²) in [6, 6.07) is 8.21. The first-order valence-electron chi connectivity index (χ1n) is 7.16. The Morgan fingerprint density at radius 3 is 2.64 bits per heavy atom. The van der Waals surface area contributed by atoms with Gasteiger partial charge in [0, 0.05) is 13.0 Å². The molecule has 1 aromatic heterocycles. The molecular weight excluding hydrogens is 304 g/mol. The van der Waals surface area contributed by atoms with Crippen LogP contribution in [0, 0.1) is 0 Å². The summed E-state index contributed by atoms with van der Waals surface area (Å²) >= 11 is 0. The first-order chi connectivity index (χ1) is 10.5. The zero-order valence-corrected chi connectivity index (χ0v) is 12.8. The molecule has 1 heterocycles. The second-order valence-corrected chi connectivity index (χ2v) is 7.25. The summed E-state index contributed by atoms with van der Waals surface area (Å²) in [5, 5.41) is 3.89. The molecule has 1 aromatic carbocycles. The Hall–Kier alpha value is -1.77. The Labute approximate surface area is 129 Å². The maximum absolute atomic E-state index is 12.0. The molecule has 0 radical (unpaired) electrons. The Bertz CT molecular complexity index is 738. The molecule has 0 amide bonds. The highest BCUT2D eigenvalue weighted by atomic mass is 32.2. The van der Waals surface area contributed by atoms with Gasteiger partial charge in [0.1, 0.15) is 0 Å². The summed E-state index contributed by atoms with van der Waals surface area (Å²) in [5.74, 6) is 0.905. The monoisotopic (exact) mass is 322 g/mol. The van der Waals surface area contributed by atoms with Gasteiger partial charge in [0.15, 0.2) is 5.82 Å². The highest BCUT2D eigenvalue weighted by molar-refractivity contribution is 7.89. The average molecular weight is 322 g/mol. The molecule has 0 unspecified atom stereocenters. The van der Waals surface area contributed by atoms with E-state index in [2.05, 4.69) is 14.9 Å². The molecule has 0 spiro atoms. The number of nitrogens with one attached hydrogen (secondary N) is 1. The SMILES string of the molecule is NC1(c2noc(CCNS(=O)(=O)c3ccccc3)n2)CCC1. The van der Waals surface area contributed by atoms with Crippen molar-refractivity contribution < 1.29 is 12.9 Å². The second kappa shape index (κ2) is 5.79. The van der Waals surface area contributed by atoms with Crippen LogP contribution in [-0.2, 0) is 22.0 Å². The molecule has 1 aliphatic carbocycles. The predicted octanol–water partition coefficient (Wildman–Crippen LogP) is 0.928. The first kappa shape index (κ1) is 15.1. The number of rotatable bonds is 6. The number of sulfonamides is 1. The minimum absolute atomic E-state index is 0.191. The molecule has 22 heavy (non-hydrogen) atoms. The summed E-state index contributed by atoms with van der Waals surface area (Å²) in [6.45, 7) is 0.191. The van der Waals surface area contributed by atoms with Crippen molar-refractivity contribution in [3.05, 3.63) is 42.0 Å². The van der Waals surface area contributed by atoms with Crippen LogP contribution in [0.2, 0.25) is 0 Å². The quantitative estimate of drug-likeness (QED) is 0.818. The van der Waals surface area contributed by atoms with Crippen molar-refractivity contribution in [2.45, 2.75) is 36.1 Å².